The molecule has 0 unspecified atom stereocenters. The number of benzene rings is 1. The van der Waals surface area contributed by atoms with Crippen LogP contribution in [0.1, 0.15) is 16.7 Å². The number of aliphatic hydroxyl groups excluding tert-OH is 2. The highest BCUT2D eigenvalue weighted by Crippen LogP contribution is 2.33. The first kappa shape index (κ1) is 17.6. The fraction of sp³-hybridized carbons (Fsp3) is 0.444. The van der Waals surface area contributed by atoms with Gasteiger partial charge in [-0.25, -0.2) is 0 Å². The van der Waals surface area contributed by atoms with Gasteiger partial charge in [0.15, 0.2) is 5.82 Å². The summed E-state index contributed by atoms with van der Waals surface area (Å²) in [6.45, 7) is 5.16. The minimum Gasteiger partial charge on any atom is -0.507 e. The van der Waals surface area contributed by atoms with Gasteiger partial charge in [0.2, 0.25) is 0 Å². The molecule has 25 heavy (non-hydrogen) atoms. The van der Waals surface area contributed by atoms with Gasteiger partial charge >= 0.3 is 0 Å². The number of aliphatic hydroxyl groups is 2. The molecule has 0 amide bonds. The average molecular weight is 345 g/mol. The van der Waals surface area contributed by atoms with E-state index in [0.29, 0.717) is 42.3 Å². The number of aryl methyl sites for hydroxylation is 2. The van der Waals surface area contributed by atoms with Gasteiger partial charge in [-0.2, -0.15) is 0 Å². The highest BCUT2D eigenvalue weighted by atomic mass is 16.5. The topological polar surface area (TPSA) is 98.9 Å². The van der Waals surface area contributed by atoms with Crippen molar-refractivity contribution in [1.82, 2.24) is 10.2 Å². The lowest BCUT2D eigenvalue weighted by atomic mass is 10.0. The standard InChI is InChI=1S/C18H23N3O4/c1-11-5-12(2)17(16(24)6-11)15-7-13(9-22)18(20-19-15)21-3-4-25-14(8-21)10-23/h5-7,14,22-24H,3-4,8-10H2,1-2H3/t14-/m0/s1. The molecule has 0 radical (unpaired) electrons. The number of phenolic OH excluding ortho intramolecular Hbond substituents is 1. The zero-order valence-corrected chi connectivity index (χ0v) is 14.4. The van der Waals surface area contributed by atoms with E-state index in [9.17, 15) is 15.3 Å². The molecule has 0 bridgehead atoms. The van der Waals surface area contributed by atoms with Crippen LogP contribution in [0.5, 0.6) is 5.75 Å². The Labute approximate surface area is 146 Å². The van der Waals surface area contributed by atoms with E-state index in [1.165, 1.54) is 0 Å². The average Bonchev–Trinajstić information content (AvgIpc) is 2.60. The molecule has 7 heteroatoms. The molecular formula is C18H23N3O4. The zero-order valence-electron chi connectivity index (χ0n) is 14.4. The number of nitrogens with zero attached hydrogens (tertiary/aromatic N) is 3. The predicted octanol–water partition coefficient (Wildman–Crippen LogP) is 1.16. The summed E-state index contributed by atoms with van der Waals surface area (Å²) in [7, 11) is 0. The number of morpholine rings is 1. The third kappa shape index (κ3) is 3.58. The molecule has 0 saturated carbocycles. The SMILES string of the molecule is Cc1cc(C)c(-c2cc(CO)c(N3CCO[C@H](CO)C3)nn2)c(O)c1. The smallest absolute Gasteiger partial charge is 0.157 e. The Bertz CT molecular complexity index is 743. The molecule has 134 valence electrons. The Kier molecular flexibility index (Phi) is 5.17. The van der Waals surface area contributed by atoms with Gasteiger partial charge in [-0.1, -0.05) is 6.07 Å². The maximum absolute atomic E-state index is 10.3. The van der Waals surface area contributed by atoms with E-state index < -0.39 is 0 Å². The second-order valence-electron chi connectivity index (χ2n) is 6.33. The molecule has 1 aromatic heterocycles. The Morgan fingerprint density at radius 3 is 2.68 bits per heavy atom. The van der Waals surface area contributed by atoms with Crippen LogP contribution in [-0.4, -0.2) is 57.9 Å². The summed E-state index contributed by atoms with van der Waals surface area (Å²) in [5, 5.41) is 37.9. The van der Waals surface area contributed by atoms with Crippen LogP contribution in [-0.2, 0) is 11.3 Å². The number of hydrogen-bond donors (Lipinski definition) is 3. The van der Waals surface area contributed by atoms with Crippen molar-refractivity contribution in [2.75, 3.05) is 31.2 Å². The van der Waals surface area contributed by atoms with E-state index in [2.05, 4.69) is 10.2 Å². The Balaban J connectivity index is 1.98. The number of anilines is 1. The van der Waals surface area contributed by atoms with E-state index in [1.807, 2.05) is 24.8 Å². The first-order chi connectivity index (χ1) is 12.0. The van der Waals surface area contributed by atoms with Crippen molar-refractivity contribution in [3.05, 3.63) is 34.9 Å². The van der Waals surface area contributed by atoms with Gasteiger partial charge in [0.05, 0.1) is 31.6 Å². The lowest BCUT2D eigenvalue weighted by molar-refractivity contribution is 0.00322. The van der Waals surface area contributed by atoms with Crippen LogP contribution in [0.3, 0.4) is 0 Å². The van der Waals surface area contributed by atoms with Crippen LogP contribution in [0.15, 0.2) is 18.2 Å². The molecule has 1 saturated heterocycles. The van der Waals surface area contributed by atoms with E-state index in [0.717, 1.165) is 11.1 Å². The fourth-order valence-corrected chi connectivity index (χ4v) is 3.23. The van der Waals surface area contributed by atoms with Gasteiger partial charge < -0.3 is 25.0 Å². The lowest BCUT2D eigenvalue weighted by Gasteiger charge is -2.33. The number of hydrogen-bond acceptors (Lipinski definition) is 7. The number of rotatable bonds is 4. The molecule has 3 rings (SSSR count). The maximum atomic E-state index is 10.3. The summed E-state index contributed by atoms with van der Waals surface area (Å²) in [5.74, 6) is 0.729. The van der Waals surface area contributed by atoms with Crippen molar-refractivity contribution >= 4 is 5.82 Å². The largest absolute Gasteiger partial charge is 0.507 e. The van der Waals surface area contributed by atoms with Gasteiger partial charge in [-0.05, 0) is 37.1 Å². The molecular weight excluding hydrogens is 322 g/mol. The molecule has 0 aliphatic carbocycles. The number of aromatic nitrogens is 2. The molecule has 7 nitrogen and oxygen atoms in total. The van der Waals surface area contributed by atoms with Crippen molar-refractivity contribution in [2.24, 2.45) is 0 Å². The van der Waals surface area contributed by atoms with E-state index in [1.54, 1.807) is 12.1 Å². The minimum atomic E-state index is -0.273. The highest BCUT2D eigenvalue weighted by molar-refractivity contribution is 5.72. The lowest BCUT2D eigenvalue weighted by Crippen LogP contribution is -2.45. The van der Waals surface area contributed by atoms with E-state index >= 15 is 0 Å². The van der Waals surface area contributed by atoms with Gasteiger partial charge in [0.25, 0.3) is 0 Å². The summed E-state index contributed by atoms with van der Waals surface area (Å²) in [4.78, 5) is 1.95. The highest BCUT2D eigenvalue weighted by Gasteiger charge is 2.24. The van der Waals surface area contributed by atoms with Gasteiger partial charge in [-0.3, -0.25) is 0 Å². The van der Waals surface area contributed by atoms with Crippen molar-refractivity contribution in [3.63, 3.8) is 0 Å². The Morgan fingerprint density at radius 2 is 2.00 bits per heavy atom. The molecule has 1 aliphatic rings. The van der Waals surface area contributed by atoms with Gasteiger partial charge in [-0.15, -0.1) is 10.2 Å². The number of ether oxygens (including phenoxy) is 1. The molecule has 2 heterocycles. The summed E-state index contributed by atoms with van der Waals surface area (Å²) in [6.07, 6.45) is -0.273. The summed E-state index contributed by atoms with van der Waals surface area (Å²) >= 11 is 0. The van der Waals surface area contributed by atoms with Crippen molar-refractivity contribution < 1.29 is 20.1 Å². The first-order valence-corrected chi connectivity index (χ1v) is 8.29. The monoisotopic (exact) mass is 345 g/mol. The predicted molar refractivity (Wildman–Crippen MR) is 93.6 cm³/mol. The molecule has 1 fully saturated rings. The fourth-order valence-electron chi connectivity index (χ4n) is 3.23. The second-order valence-corrected chi connectivity index (χ2v) is 6.33. The third-order valence-electron chi connectivity index (χ3n) is 4.38. The number of phenols is 1. The summed E-state index contributed by atoms with van der Waals surface area (Å²) in [6, 6.07) is 5.41. The van der Waals surface area contributed by atoms with Crippen LogP contribution in [0, 0.1) is 13.8 Å². The van der Waals surface area contributed by atoms with Crippen LogP contribution in [0.4, 0.5) is 5.82 Å². The van der Waals surface area contributed by atoms with Gasteiger partial charge in [0, 0.05) is 24.2 Å². The van der Waals surface area contributed by atoms with E-state index in [-0.39, 0.29) is 25.1 Å². The second kappa shape index (κ2) is 7.35. The quantitative estimate of drug-likeness (QED) is 0.764. The number of aromatic hydroxyl groups is 1. The van der Waals surface area contributed by atoms with E-state index in [4.69, 9.17) is 4.74 Å². The van der Waals surface area contributed by atoms with Crippen LogP contribution in [0.2, 0.25) is 0 Å². The summed E-state index contributed by atoms with van der Waals surface area (Å²) < 4.78 is 5.45. The Morgan fingerprint density at radius 1 is 1.20 bits per heavy atom. The zero-order chi connectivity index (χ0) is 18.0. The molecule has 1 aliphatic heterocycles. The van der Waals surface area contributed by atoms with Crippen molar-refractivity contribution in [2.45, 2.75) is 26.6 Å². The summed E-state index contributed by atoms with van der Waals surface area (Å²) in [5.41, 5.74) is 3.64. The molecule has 0 spiro atoms. The van der Waals surface area contributed by atoms with Crippen LogP contribution >= 0.6 is 0 Å². The van der Waals surface area contributed by atoms with Crippen molar-refractivity contribution in [3.8, 4) is 17.0 Å². The van der Waals surface area contributed by atoms with Crippen LogP contribution in [0.25, 0.3) is 11.3 Å². The molecule has 3 N–H and O–H groups in total. The molecule has 1 atom stereocenters. The third-order valence-corrected chi connectivity index (χ3v) is 4.38. The Hall–Kier alpha value is -2.22. The maximum Gasteiger partial charge on any atom is 0.157 e. The van der Waals surface area contributed by atoms with Crippen molar-refractivity contribution in [1.29, 1.82) is 0 Å². The minimum absolute atomic E-state index is 0.0626. The molecule has 2 aromatic rings. The van der Waals surface area contributed by atoms with Gasteiger partial charge in [0.1, 0.15) is 5.75 Å². The first-order valence-electron chi connectivity index (χ1n) is 8.29. The molecule has 1 aromatic carbocycles. The van der Waals surface area contributed by atoms with Crippen LogP contribution < -0.4 is 4.90 Å². The normalized spacial score (nSPS) is 17.8.